The Morgan fingerprint density at radius 1 is 1.16 bits per heavy atom. The molecule has 1 heterocycles. The highest BCUT2D eigenvalue weighted by atomic mass is 79.9. The third kappa shape index (κ3) is 6.53. The van der Waals surface area contributed by atoms with Gasteiger partial charge in [-0.05, 0) is 87.4 Å². The van der Waals surface area contributed by atoms with Gasteiger partial charge in [-0.2, -0.15) is 0 Å². The zero-order valence-electron chi connectivity index (χ0n) is 19.6. The third-order valence-corrected chi connectivity index (χ3v) is 6.99. The van der Waals surface area contributed by atoms with E-state index in [4.69, 9.17) is 21.1 Å². The average molecular weight is 624 g/mol. The Morgan fingerprint density at radius 2 is 1.95 bits per heavy atom. The van der Waals surface area contributed by atoms with Gasteiger partial charge in [-0.1, -0.05) is 23.7 Å². The lowest BCUT2D eigenvalue weighted by Crippen LogP contribution is -2.36. The minimum absolute atomic E-state index is 0.0944. The van der Waals surface area contributed by atoms with E-state index in [0.29, 0.717) is 38.9 Å². The Balaban J connectivity index is 1.46. The van der Waals surface area contributed by atoms with Crippen molar-refractivity contribution in [3.8, 4) is 11.5 Å². The summed E-state index contributed by atoms with van der Waals surface area (Å²) in [6, 6.07) is 12.9. The van der Waals surface area contributed by atoms with Gasteiger partial charge in [0.25, 0.3) is 11.1 Å². The first-order chi connectivity index (χ1) is 18.1. The van der Waals surface area contributed by atoms with Crippen molar-refractivity contribution >= 4 is 68.1 Å². The van der Waals surface area contributed by atoms with Crippen molar-refractivity contribution in [3.05, 3.63) is 91.8 Å². The van der Waals surface area contributed by atoms with E-state index in [2.05, 4.69) is 21.2 Å². The van der Waals surface area contributed by atoms with Crippen LogP contribution in [0.4, 0.5) is 19.3 Å². The van der Waals surface area contributed by atoms with Gasteiger partial charge in [-0.3, -0.25) is 19.3 Å². The summed E-state index contributed by atoms with van der Waals surface area (Å²) in [5, 5.41) is 1.68. The molecule has 1 aliphatic heterocycles. The number of nitrogens with zero attached hydrogens (tertiary/aromatic N) is 1. The van der Waals surface area contributed by atoms with Gasteiger partial charge in [-0.25, -0.2) is 8.78 Å². The maximum atomic E-state index is 13.5. The molecule has 4 rings (SSSR count). The van der Waals surface area contributed by atoms with E-state index < -0.39 is 29.4 Å². The zero-order chi connectivity index (χ0) is 27.4. The van der Waals surface area contributed by atoms with Crippen molar-refractivity contribution in [1.82, 2.24) is 4.90 Å². The fourth-order valence-corrected chi connectivity index (χ4v) is 5.04. The summed E-state index contributed by atoms with van der Waals surface area (Å²) >= 11 is 9.83. The molecule has 0 aromatic heterocycles. The van der Waals surface area contributed by atoms with Crippen LogP contribution in [0.5, 0.6) is 11.5 Å². The number of halogens is 4. The second-order valence-electron chi connectivity index (χ2n) is 7.90. The Hall–Kier alpha value is -3.41. The van der Waals surface area contributed by atoms with Crippen LogP contribution >= 0.6 is 39.3 Å². The molecule has 1 saturated heterocycles. The van der Waals surface area contributed by atoms with Crippen LogP contribution in [0.1, 0.15) is 11.1 Å². The molecule has 1 fully saturated rings. The summed E-state index contributed by atoms with van der Waals surface area (Å²) in [6.45, 7) is -0.436. The highest BCUT2D eigenvalue weighted by Gasteiger charge is 2.36. The first kappa shape index (κ1) is 27.6. The van der Waals surface area contributed by atoms with E-state index in [1.54, 1.807) is 24.3 Å². The average Bonchev–Trinajstić information content (AvgIpc) is 3.12. The van der Waals surface area contributed by atoms with Crippen LogP contribution in [0, 0.1) is 11.6 Å². The lowest BCUT2D eigenvalue weighted by atomic mass is 10.1. The Labute approximate surface area is 233 Å². The molecule has 3 aromatic rings. The molecule has 0 radical (unpaired) electrons. The van der Waals surface area contributed by atoms with Crippen LogP contribution in [-0.2, 0) is 16.2 Å². The first-order valence-corrected chi connectivity index (χ1v) is 12.9. The van der Waals surface area contributed by atoms with E-state index in [9.17, 15) is 23.2 Å². The Morgan fingerprint density at radius 3 is 2.66 bits per heavy atom. The number of imide groups is 1. The molecule has 0 atom stereocenters. The number of ether oxygens (including phenoxy) is 2. The molecule has 1 N–H and O–H groups in total. The van der Waals surface area contributed by atoms with Crippen LogP contribution in [0.25, 0.3) is 6.08 Å². The van der Waals surface area contributed by atoms with Gasteiger partial charge in [0.05, 0.1) is 21.5 Å². The van der Waals surface area contributed by atoms with Crippen LogP contribution in [-0.4, -0.2) is 35.6 Å². The number of rotatable bonds is 8. The minimum Gasteiger partial charge on any atom is -0.493 e. The molecule has 0 bridgehead atoms. The molecule has 0 saturated carbocycles. The number of hydrogen-bond acceptors (Lipinski definition) is 6. The molecule has 3 aromatic carbocycles. The molecular formula is C26H18BrClF2N2O5S. The smallest absolute Gasteiger partial charge is 0.294 e. The summed E-state index contributed by atoms with van der Waals surface area (Å²) in [5.74, 6) is -1.60. The van der Waals surface area contributed by atoms with Gasteiger partial charge in [0.1, 0.15) is 24.8 Å². The molecule has 7 nitrogen and oxygen atoms in total. The van der Waals surface area contributed by atoms with Crippen molar-refractivity contribution in [1.29, 1.82) is 0 Å². The Bertz CT molecular complexity index is 1470. The van der Waals surface area contributed by atoms with E-state index in [1.165, 1.54) is 37.5 Å². The van der Waals surface area contributed by atoms with Gasteiger partial charge in [0.2, 0.25) is 5.91 Å². The number of carbonyl (C=O) groups excluding carboxylic acids is 3. The lowest BCUT2D eigenvalue weighted by molar-refractivity contribution is -0.127. The van der Waals surface area contributed by atoms with Gasteiger partial charge in [0.15, 0.2) is 11.5 Å². The van der Waals surface area contributed by atoms with Crippen molar-refractivity contribution in [2.75, 3.05) is 19.0 Å². The number of hydrogen-bond donors (Lipinski definition) is 1. The summed E-state index contributed by atoms with van der Waals surface area (Å²) < 4.78 is 38.5. The maximum absolute atomic E-state index is 13.5. The number of nitrogens with one attached hydrogen (secondary N) is 1. The molecule has 38 heavy (non-hydrogen) atoms. The summed E-state index contributed by atoms with van der Waals surface area (Å²) in [6.07, 6.45) is 1.49. The number of amides is 3. The lowest BCUT2D eigenvalue weighted by Gasteiger charge is -2.14. The first-order valence-electron chi connectivity index (χ1n) is 10.9. The fraction of sp³-hybridized carbons (Fsp3) is 0.115. The Kier molecular flexibility index (Phi) is 8.70. The van der Waals surface area contributed by atoms with Gasteiger partial charge in [-0.15, -0.1) is 0 Å². The largest absolute Gasteiger partial charge is 0.493 e. The van der Waals surface area contributed by atoms with Gasteiger partial charge < -0.3 is 14.8 Å². The highest BCUT2D eigenvalue weighted by molar-refractivity contribution is 9.10. The molecule has 0 spiro atoms. The number of carbonyl (C=O) groups is 3. The second kappa shape index (κ2) is 12.0. The molecule has 3 amide bonds. The maximum Gasteiger partial charge on any atom is 0.294 e. The van der Waals surface area contributed by atoms with E-state index in [1.807, 2.05) is 0 Å². The third-order valence-electron chi connectivity index (χ3n) is 5.20. The summed E-state index contributed by atoms with van der Waals surface area (Å²) in [7, 11) is 1.45. The molecule has 12 heteroatoms. The fourth-order valence-electron chi connectivity index (χ4n) is 3.45. The second-order valence-corrected chi connectivity index (χ2v) is 10.2. The van der Waals surface area contributed by atoms with E-state index in [-0.39, 0.29) is 28.0 Å². The predicted octanol–water partition coefficient (Wildman–Crippen LogP) is 6.64. The minimum atomic E-state index is -0.652. The summed E-state index contributed by atoms with van der Waals surface area (Å²) in [4.78, 5) is 38.6. The molecule has 1 aliphatic rings. The normalized spacial score (nSPS) is 14.2. The van der Waals surface area contributed by atoms with Gasteiger partial charge >= 0.3 is 0 Å². The highest BCUT2D eigenvalue weighted by Crippen LogP contribution is 2.39. The van der Waals surface area contributed by atoms with Crippen LogP contribution in [0.15, 0.2) is 64.0 Å². The molecule has 0 aliphatic carbocycles. The van der Waals surface area contributed by atoms with Crippen LogP contribution in [0.2, 0.25) is 5.02 Å². The van der Waals surface area contributed by atoms with E-state index in [0.717, 1.165) is 11.0 Å². The number of methoxy groups -OCH3 is 1. The van der Waals surface area contributed by atoms with Crippen molar-refractivity contribution in [2.45, 2.75) is 6.61 Å². The predicted molar refractivity (Wildman–Crippen MR) is 144 cm³/mol. The standard InChI is InChI=1S/C26H18BrClF2N2O5S/c1-36-21-9-15(8-18(27)24(21)37-13-14-3-2-4-16(29)7-14)10-22-25(34)32(26(35)38-22)12-23(33)31-17-5-6-20(30)19(28)11-17/h2-11H,12-13H2,1H3,(H,31,33)/b22-10+. The number of thioether (sulfide) groups is 1. The number of benzene rings is 3. The van der Waals surface area contributed by atoms with Crippen LogP contribution < -0.4 is 14.8 Å². The van der Waals surface area contributed by atoms with Crippen LogP contribution in [0.3, 0.4) is 0 Å². The monoisotopic (exact) mass is 622 g/mol. The molecule has 196 valence electrons. The van der Waals surface area contributed by atoms with Crippen molar-refractivity contribution < 1.29 is 32.6 Å². The topological polar surface area (TPSA) is 84.9 Å². The van der Waals surface area contributed by atoms with Gasteiger partial charge in [0, 0.05) is 5.69 Å². The SMILES string of the molecule is COc1cc(/C=C2/SC(=O)N(CC(=O)Nc3ccc(F)c(Cl)c3)C2=O)cc(Br)c1OCc1cccc(F)c1. The molecule has 0 unspecified atom stereocenters. The van der Waals surface area contributed by atoms with Crippen molar-refractivity contribution in [3.63, 3.8) is 0 Å². The quantitative estimate of drug-likeness (QED) is 0.283. The molecular weight excluding hydrogens is 606 g/mol. The van der Waals surface area contributed by atoms with Crippen molar-refractivity contribution in [2.24, 2.45) is 0 Å². The van der Waals surface area contributed by atoms with E-state index >= 15 is 0 Å². The number of anilines is 1. The summed E-state index contributed by atoms with van der Waals surface area (Å²) in [5.41, 5.74) is 1.38. The zero-order valence-corrected chi connectivity index (χ0v) is 22.8.